The number of hydrogen-bond acceptors (Lipinski definition) is 4. The summed E-state index contributed by atoms with van der Waals surface area (Å²) in [7, 11) is 0. The maximum Gasteiger partial charge on any atom is 0.321 e. The number of amides is 2. The van der Waals surface area contributed by atoms with E-state index in [1.54, 1.807) is 6.20 Å². The lowest BCUT2D eigenvalue weighted by molar-refractivity contribution is 0.204. The summed E-state index contributed by atoms with van der Waals surface area (Å²) in [5.41, 5.74) is -0.106. The molecule has 0 atom stereocenters. The number of aliphatic hydroxyl groups excluding tert-OH is 1. The van der Waals surface area contributed by atoms with Gasteiger partial charge in [0.15, 0.2) is 5.13 Å². The van der Waals surface area contributed by atoms with Crippen LogP contribution in [0.15, 0.2) is 6.20 Å². The van der Waals surface area contributed by atoms with Crippen molar-refractivity contribution in [3.63, 3.8) is 0 Å². The number of carbonyl (C=O) groups excluding carboxylic acids is 1. The van der Waals surface area contributed by atoms with Gasteiger partial charge in [0, 0.05) is 24.2 Å². The van der Waals surface area contributed by atoms with Gasteiger partial charge in [0.2, 0.25) is 0 Å². The zero-order valence-electron chi connectivity index (χ0n) is 10.4. The average Bonchev–Trinajstić information content (AvgIpc) is 2.61. The van der Waals surface area contributed by atoms with Crippen molar-refractivity contribution in [2.24, 2.45) is 5.41 Å². The molecule has 2 amide bonds. The molecule has 0 unspecified atom stereocenters. The minimum absolute atomic E-state index is 0.106. The van der Waals surface area contributed by atoms with Gasteiger partial charge in [-0.25, -0.2) is 9.78 Å². The van der Waals surface area contributed by atoms with Crippen LogP contribution in [0, 0.1) is 12.3 Å². The van der Waals surface area contributed by atoms with E-state index in [1.165, 1.54) is 11.3 Å². The molecule has 5 nitrogen and oxygen atoms in total. The van der Waals surface area contributed by atoms with Gasteiger partial charge >= 0.3 is 6.03 Å². The molecule has 1 aromatic heterocycles. The summed E-state index contributed by atoms with van der Waals surface area (Å²) < 4.78 is 0. The highest BCUT2D eigenvalue weighted by atomic mass is 32.1. The Kier molecular flexibility index (Phi) is 4.89. The van der Waals surface area contributed by atoms with E-state index in [-0.39, 0.29) is 18.1 Å². The zero-order valence-corrected chi connectivity index (χ0v) is 11.2. The lowest BCUT2D eigenvalue weighted by Crippen LogP contribution is -2.37. The lowest BCUT2D eigenvalue weighted by atomic mass is 9.90. The van der Waals surface area contributed by atoms with E-state index in [1.807, 2.05) is 20.8 Å². The largest absolute Gasteiger partial charge is 0.396 e. The summed E-state index contributed by atoms with van der Waals surface area (Å²) in [6.45, 7) is 6.57. The first-order valence-corrected chi connectivity index (χ1v) is 6.33. The number of aromatic nitrogens is 1. The normalized spacial score (nSPS) is 11.3. The van der Waals surface area contributed by atoms with Gasteiger partial charge in [0.1, 0.15) is 0 Å². The Morgan fingerprint density at radius 3 is 2.82 bits per heavy atom. The molecule has 0 aliphatic heterocycles. The number of nitrogens with one attached hydrogen (secondary N) is 2. The summed E-state index contributed by atoms with van der Waals surface area (Å²) >= 11 is 1.44. The number of hydrogen-bond donors (Lipinski definition) is 3. The number of nitrogens with zero attached hydrogens (tertiary/aromatic N) is 1. The SMILES string of the molecule is Cc1cnc(NC(=O)NCC(C)(C)CCO)s1. The minimum Gasteiger partial charge on any atom is -0.396 e. The molecule has 0 aromatic carbocycles. The highest BCUT2D eigenvalue weighted by molar-refractivity contribution is 7.15. The first kappa shape index (κ1) is 13.9. The second kappa shape index (κ2) is 5.97. The predicted molar refractivity (Wildman–Crippen MR) is 69.4 cm³/mol. The lowest BCUT2D eigenvalue weighted by Gasteiger charge is -2.23. The molecule has 17 heavy (non-hydrogen) atoms. The number of rotatable bonds is 5. The molecule has 1 heterocycles. The zero-order chi connectivity index (χ0) is 12.9. The molecule has 1 aromatic rings. The van der Waals surface area contributed by atoms with Gasteiger partial charge in [-0.05, 0) is 18.8 Å². The van der Waals surface area contributed by atoms with E-state index in [9.17, 15) is 4.79 Å². The first-order chi connectivity index (χ1) is 7.93. The Morgan fingerprint density at radius 2 is 2.29 bits per heavy atom. The average molecular weight is 257 g/mol. The summed E-state index contributed by atoms with van der Waals surface area (Å²) in [6.07, 6.45) is 2.37. The van der Waals surface area contributed by atoms with Crippen molar-refractivity contribution < 1.29 is 9.90 Å². The third kappa shape index (κ3) is 5.14. The maximum atomic E-state index is 11.6. The van der Waals surface area contributed by atoms with Crippen LogP contribution in [0.1, 0.15) is 25.1 Å². The standard InChI is InChI=1S/C11H19N3O2S/c1-8-6-12-10(17-8)14-9(16)13-7-11(2,3)4-5-15/h6,15H,4-5,7H2,1-3H3,(H2,12,13,14,16). The van der Waals surface area contributed by atoms with Crippen LogP contribution in [0.2, 0.25) is 0 Å². The van der Waals surface area contributed by atoms with E-state index in [0.29, 0.717) is 18.1 Å². The van der Waals surface area contributed by atoms with Crippen molar-refractivity contribution >= 4 is 22.5 Å². The van der Waals surface area contributed by atoms with Crippen LogP contribution in [-0.4, -0.2) is 29.3 Å². The molecule has 6 heteroatoms. The molecular formula is C11H19N3O2S. The van der Waals surface area contributed by atoms with Crippen LogP contribution in [0.4, 0.5) is 9.93 Å². The third-order valence-corrected chi connectivity index (χ3v) is 3.19. The van der Waals surface area contributed by atoms with Gasteiger partial charge in [-0.2, -0.15) is 0 Å². The van der Waals surface area contributed by atoms with Gasteiger partial charge in [-0.1, -0.05) is 13.8 Å². The fourth-order valence-corrected chi connectivity index (χ4v) is 1.92. The van der Waals surface area contributed by atoms with E-state index in [4.69, 9.17) is 5.11 Å². The van der Waals surface area contributed by atoms with E-state index in [0.717, 1.165) is 4.88 Å². The van der Waals surface area contributed by atoms with Gasteiger partial charge in [0.25, 0.3) is 0 Å². The summed E-state index contributed by atoms with van der Waals surface area (Å²) in [5.74, 6) is 0. The monoisotopic (exact) mass is 257 g/mol. The van der Waals surface area contributed by atoms with Crippen LogP contribution < -0.4 is 10.6 Å². The molecule has 1 rings (SSSR count). The van der Waals surface area contributed by atoms with Crippen LogP contribution in [0.25, 0.3) is 0 Å². The number of urea groups is 1. The first-order valence-electron chi connectivity index (χ1n) is 5.51. The molecule has 0 aliphatic rings. The number of aliphatic hydroxyl groups is 1. The Labute approximate surface area is 105 Å². The van der Waals surface area contributed by atoms with Crippen molar-refractivity contribution in [2.75, 3.05) is 18.5 Å². The molecule has 0 bridgehead atoms. The molecule has 0 fully saturated rings. The van der Waals surface area contributed by atoms with Crippen LogP contribution in [0.3, 0.4) is 0 Å². The molecule has 0 aliphatic carbocycles. The molecular weight excluding hydrogens is 238 g/mol. The van der Waals surface area contributed by atoms with E-state index in [2.05, 4.69) is 15.6 Å². The number of carbonyl (C=O) groups is 1. The summed E-state index contributed by atoms with van der Waals surface area (Å²) in [4.78, 5) is 16.7. The Bertz CT molecular complexity index is 377. The Balaban J connectivity index is 2.35. The van der Waals surface area contributed by atoms with Gasteiger partial charge in [-0.15, -0.1) is 11.3 Å². The Hall–Kier alpha value is -1.14. The van der Waals surface area contributed by atoms with Crippen LogP contribution in [-0.2, 0) is 0 Å². The summed E-state index contributed by atoms with van der Waals surface area (Å²) in [6, 6.07) is -0.259. The van der Waals surface area contributed by atoms with Crippen molar-refractivity contribution in [1.82, 2.24) is 10.3 Å². The van der Waals surface area contributed by atoms with Crippen molar-refractivity contribution in [3.8, 4) is 0 Å². The number of aryl methyl sites for hydroxylation is 1. The molecule has 0 spiro atoms. The van der Waals surface area contributed by atoms with Gasteiger partial charge in [-0.3, -0.25) is 5.32 Å². The molecule has 0 saturated heterocycles. The van der Waals surface area contributed by atoms with Crippen molar-refractivity contribution in [3.05, 3.63) is 11.1 Å². The predicted octanol–water partition coefficient (Wildman–Crippen LogP) is 1.98. The molecule has 3 N–H and O–H groups in total. The quantitative estimate of drug-likeness (QED) is 0.755. The second-order valence-corrected chi connectivity index (χ2v) is 5.96. The highest BCUT2D eigenvalue weighted by Crippen LogP contribution is 2.19. The molecule has 0 saturated carbocycles. The second-order valence-electron chi connectivity index (χ2n) is 4.72. The van der Waals surface area contributed by atoms with E-state index < -0.39 is 0 Å². The third-order valence-electron chi connectivity index (χ3n) is 2.36. The highest BCUT2D eigenvalue weighted by Gasteiger charge is 2.18. The van der Waals surface area contributed by atoms with Crippen molar-refractivity contribution in [2.45, 2.75) is 27.2 Å². The molecule has 0 radical (unpaired) electrons. The fraction of sp³-hybridized carbons (Fsp3) is 0.636. The Morgan fingerprint density at radius 1 is 1.59 bits per heavy atom. The van der Waals surface area contributed by atoms with E-state index >= 15 is 0 Å². The number of thiazole rings is 1. The summed E-state index contributed by atoms with van der Waals surface area (Å²) in [5, 5.41) is 14.9. The minimum atomic E-state index is -0.259. The fourth-order valence-electron chi connectivity index (χ4n) is 1.26. The van der Waals surface area contributed by atoms with Gasteiger partial charge in [0.05, 0.1) is 0 Å². The smallest absolute Gasteiger partial charge is 0.321 e. The topological polar surface area (TPSA) is 74.2 Å². The van der Waals surface area contributed by atoms with Crippen LogP contribution >= 0.6 is 11.3 Å². The van der Waals surface area contributed by atoms with Gasteiger partial charge < -0.3 is 10.4 Å². The van der Waals surface area contributed by atoms with Crippen LogP contribution in [0.5, 0.6) is 0 Å². The maximum absolute atomic E-state index is 11.6. The van der Waals surface area contributed by atoms with Crippen molar-refractivity contribution in [1.29, 1.82) is 0 Å². The molecule has 96 valence electrons. The number of anilines is 1.